The van der Waals surface area contributed by atoms with E-state index < -0.39 is 0 Å². The number of hydrogen-bond acceptors (Lipinski definition) is 2. The van der Waals surface area contributed by atoms with E-state index in [2.05, 4.69) is 21.2 Å². The first-order valence-electron chi connectivity index (χ1n) is 4.68. The average Bonchev–Trinajstić information content (AvgIpc) is 2.49. The van der Waals surface area contributed by atoms with E-state index in [-0.39, 0.29) is 17.3 Å². The molecule has 1 heterocycles. The van der Waals surface area contributed by atoms with Crippen LogP contribution in [0.4, 0.5) is 0 Å². The third kappa shape index (κ3) is 4.13. The maximum absolute atomic E-state index is 11.7. The van der Waals surface area contributed by atoms with Crippen LogP contribution in [0.25, 0.3) is 0 Å². The maximum atomic E-state index is 11.7. The van der Waals surface area contributed by atoms with Crippen LogP contribution in [0, 0.1) is 0 Å². The van der Waals surface area contributed by atoms with Crippen molar-refractivity contribution in [2.75, 3.05) is 0 Å². The highest BCUT2D eigenvalue weighted by Crippen LogP contribution is 2.22. The van der Waals surface area contributed by atoms with Crippen molar-refractivity contribution in [2.24, 2.45) is 0 Å². The van der Waals surface area contributed by atoms with Crippen molar-refractivity contribution >= 4 is 44.8 Å². The number of hydrogen-bond donors (Lipinski definition) is 1. The normalized spacial score (nSPS) is 14.7. The molecule has 0 saturated heterocycles. The molecule has 5 heteroatoms. The van der Waals surface area contributed by atoms with Gasteiger partial charge in [0.1, 0.15) is 4.88 Å². The summed E-state index contributed by atoms with van der Waals surface area (Å²) in [5, 5.41) is 4.87. The standard InChI is InChI=1S/C10H13BrClNOS/c1-6(12)5-7(2)13-10(14)9-8(11)3-4-15-9/h3-4,6-7H,5H2,1-2H3,(H,13,14). The highest BCUT2D eigenvalue weighted by Gasteiger charge is 2.14. The van der Waals surface area contributed by atoms with Gasteiger partial charge in [0.2, 0.25) is 0 Å². The van der Waals surface area contributed by atoms with E-state index in [0.29, 0.717) is 4.88 Å². The number of thiophene rings is 1. The van der Waals surface area contributed by atoms with Gasteiger partial charge in [0, 0.05) is 15.9 Å². The summed E-state index contributed by atoms with van der Waals surface area (Å²) in [6.07, 6.45) is 0.774. The van der Waals surface area contributed by atoms with E-state index in [0.717, 1.165) is 10.9 Å². The Morgan fingerprint density at radius 3 is 2.80 bits per heavy atom. The molecule has 0 saturated carbocycles. The van der Waals surface area contributed by atoms with Gasteiger partial charge in [-0.15, -0.1) is 22.9 Å². The van der Waals surface area contributed by atoms with Gasteiger partial charge in [-0.3, -0.25) is 4.79 Å². The molecule has 1 amide bonds. The number of alkyl halides is 1. The van der Waals surface area contributed by atoms with Crippen molar-refractivity contribution < 1.29 is 4.79 Å². The SMILES string of the molecule is CC(Cl)CC(C)NC(=O)c1sccc1Br. The second-order valence-corrected chi connectivity index (χ2v) is 6.00. The van der Waals surface area contributed by atoms with Crippen LogP contribution in [-0.4, -0.2) is 17.3 Å². The topological polar surface area (TPSA) is 29.1 Å². The molecule has 0 aromatic carbocycles. The molecule has 0 fully saturated rings. The predicted molar refractivity (Wildman–Crippen MR) is 68.9 cm³/mol. The lowest BCUT2D eigenvalue weighted by Gasteiger charge is -2.14. The molecule has 0 bridgehead atoms. The minimum Gasteiger partial charge on any atom is -0.349 e. The monoisotopic (exact) mass is 309 g/mol. The first kappa shape index (κ1) is 13.0. The van der Waals surface area contributed by atoms with Gasteiger partial charge in [0.05, 0.1) is 0 Å². The second kappa shape index (κ2) is 5.87. The lowest BCUT2D eigenvalue weighted by atomic mass is 10.2. The summed E-state index contributed by atoms with van der Waals surface area (Å²) < 4.78 is 0.844. The van der Waals surface area contributed by atoms with E-state index in [9.17, 15) is 4.79 Å². The van der Waals surface area contributed by atoms with Crippen molar-refractivity contribution in [3.05, 3.63) is 20.8 Å². The van der Waals surface area contributed by atoms with Crippen LogP contribution in [0.3, 0.4) is 0 Å². The lowest BCUT2D eigenvalue weighted by molar-refractivity contribution is 0.0942. The van der Waals surface area contributed by atoms with Crippen molar-refractivity contribution in [2.45, 2.75) is 31.7 Å². The minimum absolute atomic E-state index is 0.0401. The van der Waals surface area contributed by atoms with Crippen molar-refractivity contribution in [1.82, 2.24) is 5.32 Å². The van der Waals surface area contributed by atoms with E-state index in [4.69, 9.17) is 11.6 Å². The molecule has 1 aromatic rings. The van der Waals surface area contributed by atoms with Crippen LogP contribution >= 0.6 is 38.9 Å². The van der Waals surface area contributed by atoms with Crippen molar-refractivity contribution in [3.63, 3.8) is 0 Å². The summed E-state index contributed by atoms with van der Waals surface area (Å²) in [7, 11) is 0. The lowest BCUT2D eigenvalue weighted by Crippen LogP contribution is -2.33. The summed E-state index contributed by atoms with van der Waals surface area (Å²) in [4.78, 5) is 12.5. The molecule has 1 aromatic heterocycles. The first-order chi connectivity index (χ1) is 7.00. The van der Waals surface area contributed by atoms with Crippen molar-refractivity contribution in [1.29, 1.82) is 0 Å². The zero-order chi connectivity index (χ0) is 11.4. The van der Waals surface area contributed by atoms with Gasteiger partial charge in [-0.25, -0.2) is 0 Å². The summed E-state index contributed by atoms with van der Waals surface area (Å²) in [5.41, 5.74) is 0. The van der Waals surface area contributed by atoms with Gasteiger partial charge in [0.15, 0.2) is 0 Å². The van der Waals surface area contributed by atoms with E-state index in [1.165, 1.54) is 11.3 Å². The number of amides is 1. The first-order valence-corrected chi connectivity index (χ1v) is 6.79. The Labute approximate surface area is 107 Å². The predicted octanol–water partition coefficient (Wildman–Crippen LogP) is 3.65. The van der Waals surface area contributed by atoms with E-state index >= 15 is 0 Å². The number of nitrogens with one attached hydrogen (secondary N) is 1. The Morgan fingerprint density at radius 1 is 1.67 bits per heavy atom. The zero-order valence-corrected chi connectivity index (χ0v) is 11.7. The smallest absolute Gasteiger partial charge is 0.262 e. The van der Waals surface area contributed by atoms with Crippen molar-refractivity contribution in [3.8, 4) is 0 Å². The van der Waals surface area contributed by atoms with Crippen LogP contribution in [0.2, 0.25) is 0 Å². The molecular formula is C10H13BrClNOS. The Bertz CT molecular complexity index is 340. The Hall–Kier alpha value is -0.0600. The van der Waals surface area contributed by atoms with Gasteiger partial charge < -0.3 is 5.32 Å². The Morgan fingerprint density at radius 2 is 2.33 bits per heavy atom. The molecule has 1 rings (SSSR count). The maximum Gasteiger partial charge on any atom is 0.262 e. The number of rotatable bonds is 4. The fourth-order valence-electron chi connectivity index (χ4n) is 1.29. The molecule has 2 nitrogen and oxygen atoms in total. The summed E-state index contributed by atoms with van der Waals surface area (Å²) >= 11 is 10.6. The quantitative estimate of drug-likeness (QED) is 0.845. The molecule has 0 spiro atoms. The van der Waals surface area contributed by atoms with Crippen LogP contribution in [-0.2, 0) is 0 Å². The number of carbonyl (C=O) groups is 1. The number of halogens is 2. The van der Waals surface area contributed by atoms with E-state index in [1.54, 1.807) is 0 Å². The Kier molecular flexibility index (Phi) is 5.09. The third-order valence-corrected chi connectivity index (χ3v) is 3.89. The van der Waals surface area contributed by atoms with Gasteiger partial charge in [0.25, 0.3) is 5.91 Å². The minimum atomic E-state index is -0.0401. The van der Waals surface area contributed by atoms with Gasteiger partial charge in [-0.05, 0) is 47.6 Å². The van der Waals surface area contributed by atoms with Gasteiger partial charge in [-0.1, -0.05) is 0 Å². The van der Waals surface area contributed by atoms with Crippen LogP contribution in [0.15, 0.2) is 15.9 Å². The van der Waals surface area contributed by atoms with Gasteiger partial charge >= 0.3 is 0 Å². The second-order valence-electron chi connectivity index (χ2n) is 3.49. The summed E-state index contributed by atoms with van der Waals surface area (Å²) in [6, 6.07) is 1.97. The summed E-state index contributed by atoms with van der Waals surface area (Å²) in [5.74, 6) is -0.0401. The third-order valence-electron chi connectivity index (χ3n) is 1.88. The molecule has 15 heavy (non-hydrogen) atoms. The fraction of sp³-hybridized carbons (Fsp3) is 0.500. The highest BCUT2D eigenvalue weighted by molar-refractivity contribution is 9.10. The zero-order valence-electron chi connectivity index (χ0n) is 8.59. The molecule has 2 atom stereocenters. The molecular weight excluding hydrogens is 298 g/mol. The molecule has 0 aliphatic rings. The summed E-state index contributed by atoms with van der Waals surface area (Å²) in [6.45, 7) is 3.88. The van der Waals surface area contributed by atoms with Gasteiger partial charge in [-0.2, -0.15) is 0 Å². The van der Waals surface area contributed by atoms with Crippen LogP contribution in [0.1, 0.15) is 29.9 Å². The molecule has 84 valence electrons. The fourth-order valence-corrected chi connectivity index (χ4v) is 3.01. The largest absolute Gasteiger partial charge is 0.349 e. The number of carbonyl (C=O) groups excluding carboxylic acids is 1. The van der Waals surface area contributed by atoms with E-state index in [1.807, 2.05) is 25.3 Å². The molecule has 1 N–H and O–H groups in total. The molecule has 0 radical (unpaired) electrons. The highest BCUT2D eigenvalue weighted by atomic mass is 79.9. The van der Waals surface area contributed by atoms with Crippen LogP contribution < -0.4 is 5.32 Å². The molecule has 2 unspecified atom stereocenters. The average molecular weight is 311 g/mol. The molecule has 0 aliphatic heterocycles. The Balaban J connectivity index is 2.53. The van der Waals surface area contributed by atoms with Crippen LogP contribution in [0.5, 0.6) is 0 Å². The molecule has 0 aliphatic carbocycles.